The first kappa shape index (κ1) is 13.5. The average Bonchev–Trinajstić information content (AvgIpc) is 2.84. The van der Waals surface area contributed by atoms with Gasteiger partial charge in [-0.05, 0) is 48.3 Å². The van der Waals surface area contributed by atoms with E-state index in [2.05, 4.69) is 29.6 Å². The number of alkyl halides is 1. The highest BCUT2D eigenvalue weighted by Crippen LogP contribution is 2.42. The van der Waals surface area contributed by atoms with Gasteiger partial charge in [-0.2, -0.15) is 0 Å². The Hall–Kier alpha value is -0.500. The zero-order valence-corrected chi connectivity index (χ0v) is 13.0. The fourth-order valence-electron chi connectivity index (χ4n) is 3.14. The van der Waals surface area contributed by atoms with Crippen molar-refractivity contribution < 1.29 is 0 Å². The molecule has 0 aliphatic heterocycles. The molecule has 1 unspecified atom stereocenters. The standard InChI is InChI=1S/C16H16Cl2S/c17-11-16(10-15-14(18)7-9-19-15)8-3-5-12-4-1-2-6-13(12)16/h1-2,4,6-7,9H,3,5,8,10-11H2. The molecule has 0 spiro atoms. The first-order valence-corrected chi connectivity index (χ1v) is 8.41. The summed E-state index contributed by atoms with van der Waals surface area (Å²) in [7, 11) is 0. The molecule has 1 atom stereocenters. The summed E-state index contributed by atoms with van der Waals surface area (Å²) in [5.74, 6) is 0.665. The van der Waals surface area contributed by atoms with E-state index in [1.54, 1.807) is 11.3 Å². The van der Waals surface area contributed by atoms with Crippen molar-refractivity contribution in [3.8, 4) is 0 Å². The summed E-state index contributed by atoms with van der Waals surface area (Å²) >= 11 is 14.4. The number of hydrogen-bond acceptors (Lipinski definition) is 1. The topological polar surface area (TPSA) is 0 Å². The van der Waals surface area contributed by atoms with E-state index >= 15 is 0 Å². The summed E-state index contributed by atoms with van der Waals surface area (Å²) in [6.07, 6.45) is 4.51. The highest BCUT2D eigenvalue weighted by Gasteiger charge is 2.36. The molecule has 0 N–H and O–H groups in total. The third-order valence-electron chi connectivity index (χ3n) is 4.14. The third kappa shape index (κ3) is 2.44. The summed E-state index contributed by atoms with van der Waals surface area (Å²) in [4.78, 5) is 1.26. The fraction of sp³-hybridized carbons (Fsp3) is 0.375. The van der Waals surface area contributed by atoms with Crippen molar-refractivity contribution in [1.29, 1.82) is 0 Å². The number of thiophene rings is 1. The van der Waals surface area contributed by atoms with Gasteiger partial charge in [-0.25, -0.2) is 0 Å². The van der Waals surface area contributed by atoms with Crippen LogP contribution < -0.4 is 0 Å². The van der Waals surface area contributed by atoms with Crippen molar-refractivity contribution in [2.75, 3.05) is 5.88 Å². The van der Waals surface area contributed by atoms with E-state index in [9.17, 15) is 0 Å². The summed E-state index contributed by atoms with van der Waals surface area (Å²) in [6.45, 7) is 0. The van der Waals surface area contributed by atoms with Crippen molar-refractivity contribution in [2.45, 2.75) is 31.1 Å². The van der Waals surface area contributed by atoms with Crippen LogP contribution in [0.15, 0.2) is 35.7 Å². The van der Waals surface area contributed by atoms with E-state index < -0.39 is 0 Å². The monoisotopic (exact) mass is 310 g/mol. The SMILES string of the molecule is ClCC1(Cc2sccc2Cl)CCCc2ccccc21. The van der Waals surface area contributed by atoms with E-state index in [0.29, 0.717) is 5.88 Å². The molecule has 1 heterocycles. The minimum Gasteiger partial charge on any atom is -0.147 e. The molecule has 1 aliphatic carbocycles. The van der Waals surface area contributed by atoms with Gasteiger partial charge >= 0.3 is 0 Å². The molecule has 100 valence electrons. The molecule has 0 saturated heterocycles. The van der Waals surface area contributed by atoms with Crippen LogP contribution in [0.2, 0.25) is 5.02 Å². The van der Waals surface area contributed by atoms with Gasteiger partial charge in [-0.3, -0.25) is 0 Å². The fourth-order valence-corrected chi connectivity index (χ4v) is 4.75. The lowest BCUT2D eigenvalue weighted by atomic mass is 9.69. The zero-order valence-electron chi connectivity index (χ0n) is 10.7. The largest absolute Gasteiger partial charge is 0.147 e. The number of fused-ring (bicyclic) bond motifs is 1. The van der Waals surface area contributed by atoms with Gasteiger partial charge in [-0.1, -0.05) is 35.9 Å². The molecule has 1 aliphatic rings. The summed E-state index contributed by atoms with van der Waals surface area (Å²) in [5, 5.41) is 2.95. The summed E-state index contributed by atoms with van der Waals surface area (Å²) < 4.78 is 0. The van der Waals surface area contributed by atoms with E-state index in [1.807, 2.05) is 6.07 Å². The number of rotatable bonds is 3. The highest BCUT2D eigenvalue weighted by molar-refractivity contribution is 7.10. The summed E-state index contributed by atoms with van der Waals surface area (Å²) in [6, 6.07) is 10.7. The van der Waals surface area contributed by atoms with Crippen molar-refractivity contribution in [1.82, 2.24) is 0 Å². The van der Waals surface area contributed by atoms with Crippen LogP contribution >= 0.6 is 34.5 Å². The molecule has 1 aromatic heterocycles. The number of aryl methyl sites for hydroxylation is 1. The van der Waals surface area contributed by atoms with Crippen LogP contribution in [0, 0.1) is 0 Å². The molecule has 3 heteroatoms. The minimum atomic E-state index is 0.0604. The second-order valence-electron chi connectivity index (χ2n) is 5.29. The Balaban J connectivity index is 2.03. The van der Waals surface area contributed by atoms with Crippen molar-refractivity contribution in [2.24, 2.45) is 0 Å². The quantitative estimate of drug-likeness (QED) is 0.661. The molecule has 0 radical (unpaired) electrons. The van der Waals surface area contributed by atoms with Crippen LogP contribution in [-0.4, -0.2) is 5.88 Å². The smallest absolute Gasteiger partial charge is 0.0545 e. The predicted octanol–water partition coefficient (Wildman–Crippen LogP) is 5.46. The number of hydrogen-bond donors (Lipinski definition) is 0. The molecule has 0 amide bonds. The Morgan fingerprint density at radius 3 is 2.79 bits per heavy atom. The van der Waals surface area contributed by atoms with Gasteiger partial charge in [0.05, 0.1) is 5.02 Å². The van der Waals surface area contributed by atoms with Crippen LogP contribution in [-0.2, 0) is 18.3 Å². The Kier molecular flexibility index (Phi) is 3.88. The molecule has 1 aromatic carbocycles. The van der Waals surface area contributed by atoms with Crippen LogP contribution in [0.25, 0.3) is 0 Å². The lowest BCUT2D eigenvalue weighted by Crippen LogP contribution is -2.35. The van der Waals surface area contributed by atoms with Crippen molar-refractivity contribution in [3.05, 3.63) is 56.7 Å². The maximum absolute atomic E-state index is 6.40. The predicted molar refractivity (Wildman–Crippen MR) is 84.8 cm³/mol. The van der Waals surface area contributed by atoms with Gasteiger partial charge in [0.25, 0.3) is 0 Å². The molecule has 3 rings (SSSR count). The third-order valence-corrected chi connectivity index (χ3v) is 6.03. The first-order chi connectivity index (χ1) is 9.25. The van der Waals surface area contributed by atoms with Crippen LogP contribution in [0.1, 0.15) is 28.8 Å². The maximum Gasteiger partial charge on any atom is 0.0545 e. The van der Waals surface area contributed by atoms with E-state index in [0.717, 1.165) is 17.9 Å². The highest BCUT2D eigenvalue weighted by atomic mass is 35.5. The normalized spacial score (nSPS) is 22.2. The van der Waals surface area contributed by atoms with E-state index in [4.69, 9.17) is 23.2 Å². The molecular formula is C16H16Cl2S. The minimum absolute atomic E-state index is 0.0604. The number of halogens is 2. The van der Waals surface area contributed by atoms with Crippen molar-refractivity contribution >= 4 is 34.5 Å². The first-order valence-electron chi connectivity index (χ1n) is 6.61. The van der Waals surface area contributed by atoms with Gasteiger partial charge in [0.2, 0.25) is 0 Å². The molecule has 0 nitrogen and oxygen atoms in total. The lowest BCUT2D eigenvalue weighted by Gasteiger charge is -2.37. The molecule has 0 saturated carbocycles. The van der Waals surface area contributed by atoms with Crippen LogP contribution in [0.5, 0.6) is 0 Å². The van der Waals surface area contributed by atoms with Gasteiger partial charge < -0.3 is 0 Å². The Morgan fingerprint density at radius 2 is 2.05 bits per heavy atom. The van der Waals surface area contributed by atoms with Crippen molar-refractivity contribution in [3.63, 3.8) is 0 Å². The molecule has 19 heavy (non-hydrogen) atoms. The average molecular weight is 311 g/mol. The lowest BCUT2D eigenvalue weighted by molar-refractivity contribution is 0.399. The van der Waals surface area contributed by atoms with Gasteiger partial charge in [0.1, 0.15) is 0 Å². The van der Waals surface area contributed by atoms with Crippen LogP contribution in [0.3, 0.4) is 0 Å². The molecule has 2 aromatic rings. The van der Waals surface area contributed by atoms with Crippen LogP contribution in [0.4, 0.5) is 0 Å². The maximum atomic E-state index is 6.40. The Morgan fingerprint density at radius 1 is 1.21 bits per heavy atom. The summed E-state index contributed by atoms with van der Waals surface area (Å²) in [5.41, 5.74) is 2.95. The Bertz CT molecular complexity index is 576. The van der Waals surface area contributed by atoms with Gasteiger partial charge in [0, 0.05) is 16.2 Å². The Labute approximate surface area is 128 Å². The second kappa shape index (κ2) is 5.47. The number of benzene rings is 1. The van der Waals surface area contributed by atoms with E-state index in [-0.39, 0.29) is 5.41 Å². The van der Waals surface area contributed by atoms with E-state index in [1.165, 1.54) is 28.8 Å². The zero-order chi connectivity index (χ0) is 13.3. The van der Waals surface area contributed by atoms with Gasteiger partial charge in [0.15, 0.2) is 0 Å². The second-order valence-corrected chi connectivity index (χ2v) is 6.97. The van der Waals surface area contributed by atoms with Gasteiger partial charge in [-0.15, -0.1) is 22.9 Å². The molecule has 0 bridgehead atoms. The molecular weight excluding hydrogens is 295 g/mol. The molecule has 0 fully saturated rings.